The third kappa shape index (κ3) is 9.13. The number of carbonyl (C=O) groups is 3. The number of aromatic nitrogens is 2. The van der Waals surface area contributed by atoms with Crippen LogP contribution in [0.1, 0.15) is 34.0 Å². The normalized spacial score (nSPS) is 20.7. The number of carbonyl (C=O) groups excluding carboxylic acids is 3. The van der Waals surface area contributed by atoms with E-state index < -0.39 is 56.6 Å². The van der Waals surface area contributed by atoms with Crippen LogP contribution in [-0.2, 0) is 55.0 Å². The van der Waals surface area contributed by atoms with Crippen LogP contribution in [0.3, 0.4) is 0 Å². The number of benzene rings is 5. The Morgan fingerprint density at radius 2 is 1.26 bits per heavy atom. The van der Waals surface area contributed by atoms with Gasteiger partial charge in [0.05, 0.1) is 49.0 Å². The van der Waals surface area contributed by atoms with Gasteiger partial charge in [-0.05, 0) is 47.0 Å². The summed E-state index contributed by atoms with van der Waals surface area (Å²) in [4.78, 5) is 47.0. The summed E-state index contributed by atoms with van der Waals surface area (Å²) in [5.41, 5.74) is 5.74. The Morgan fingerprint density at radius 3 is 1.91 bits per heavy atom. The van der Waals surface area contributed by atoms with Gasteiger partial charge in [-0.3, -0.25) is 19.4 Å². The predicted octanol–water partition coefficient (Wildman–Crippen LogP) is 9.26. The first-order chi connectivity index (χ1) is 33.5. The molecule has 0 saturated carbocycles. The van der Waals surface area contributed by atoms with Gasteiger partial charge in [-0.15, -0.1) is 0 Å². The number of aliphatic hydroxyl groups excluding tert-OH is 1. The number of aliphatic hydroxyl groups is 1. The molecule has 0 unspecified atom stereocenters. The maximum atomic E-state index is 15.2. The van der Waals surface area contributed by atoms with Gasteiger partial charge in [0.1, 0.15) is 30.7 Å². The second-order valence-electron chi connectivity index (χ2n) is 19.1. The molecule has 69 heavy (non-hydrogen) atoms. The zero-order valence-corrected chi connectivity index (χ0v) is 40.2. The Labute approximate surface area is 402 Å². The first-order valence-corrected chi connectivity index (χ1v) is 27.1. The van der Waals surface area contributed by atoms with Crippen molar-refractivity contribution in [1.82, 2.24) is 18.9 Å². The second kappa shape index (κ2) is 19.3. The summed E-state index contributed by atoms with van der Waals surface area (Å²) in [6.07, 6.45) is -0.891. The molecule has 0 bridgehead atoms. The Balaban J connectivity index is 1.07. The highest BCUT2D eigenvalue weighted by Gasteiger charge is 2.56. The predicted molar refractivity (Wildman–Crippen MR) is 265 cm³/mol. The molecule has 0 radical (unpaired) electrons. The molecular formula is C55H56N4O9Si. The number of fused-ring (bicyclic) bond motifs is 3. The molecule has 1 N–H and O–H groups in total. The van der Waals surface area contributed by atoms with Crippen LogP contribution in [0.5, 0.6) is 5.75 Å². The fraction of sp³-hybridized carbons (Fsp3) is 0.291. The van der Waals surface area contributed by atoms with Crippen molar-refractivity contribution in [2.45, 2.75) is 82.7 Å². The molecule has 10 rings (SSSR count). The highest BCUT2D eigenvalue weighted by molar-refractivity contribution is 6.76. The minimum Gasteiger partial charge on any atom is -0.497 e. The molecule has 5 aromatic carbocycles. The molecule has 3 amide bonds. The van der Waals surface area contributed by atoms with Crippen LogP contribution in [0.2, 0.25) is 25.7 Å². The number of nitrogens with zero attached hydrogens (tertiary/aromatic N) is 4. The van der Waals surface area contributed by atoms with Crippen molar-refractivity contribution in [3.63, 3.8) is 0 Å². The molecule has 0 aliphatic carbocycles. The molecule has 3 aliphatic rings. The van der Waals surface area contributed by atoms with Gasteiger partial charge >= 0.3 is 6.09 Å². The molecule has 5 atom stereocenters. The lowest BCUT2D eigenvalue weighted by Gasteiger charge is -2.42. The summed E-state index contributed by atoms with van der Waals surface area (Å²) >= 11 is 0. The standard InChI is InChI=1S/C55H56N4O9Si/c1-64-39-25-23-38(24-26-39)33-66-34-46-51-49(58(55(63)68-51)29-36-15-7-5-8-16-36)50(60)54(67-46)57-32-43(41-20-12-14-22-45(41)57)48-47(52(61)59(53(48)62)30-37-17-9-6-10-18-37)42-31-56(35-65-27-28-69(2,3)4)44-21-13-11-19-40(42)44/h5-26,31-32,46,49-51,54,60H,27-30,33-35H2,1-4H3/t46-,49+,50+,51-,54+/m1/s1. The molecule has 0 spiro atoms. The Morgan fingerprint density at radius 1 is 0.667 bits per heavy atom. The minimum absolute atomic E-state index is 0.0393. The van der Waals surface area contributed by atoms with E-state index in [1.807, 2.05) is 149 Å². The smallest absolute Gasteiger partial charge is 0.410 e. The van der Waals surface area contributed by atoms with Crippen LogP contribution >= 0.6 is 0 Å². The average Bonchev–Trinajstić information content (AvgIpc) is 4.08. The van der Waals surface area contributed by atoms with Gasteiger partial charge in [-0.2, -0.15) is 0 Å². The highest BCUT2D eigenvalue weighted by Crippen LogP contribution is 2.45. The topological polar surface area (TPSA) is 134 Å². The molecule has 13 nitrogen and oxygen atoms in total. The summed E-state index contributed by atoms with van der Waals surface area (Å²) in [5, 5.41) is 14.1. The van der Waals surface area contributed by atoms with Crippen LogP contribution in [0, 0.1) is 0 Å². The van der Waals surface area contributed by atoms with Crippen molar-refractivity contribution < 1.29 is 43.2 Å². The van der Waals surface area contributed by atoms with E-state index in [9.17, 15) is 9.90 Å². The number of para-hydroxylation sites is 2. The van der Waals surface area contributed by atoms with Gasteiger partial charge in [0.15, 0.2) is 12.3 Å². The second-order valence-corrected chi connectivity index (χ2v) is 24.8. The Kier molecular flexibility index (Phi) is 12.8. The molecule has 7 aromatic rings. The number of methoxy groups -OCH3 is 1. The summed E-state index contributed by atoms with van der Waals surface area (Å²) in [5.74, 6) is -0.130. The number of ether oxygens (including phenoxy) is 5. The van der Waals surface area contributed by atoms with Crippen molar-refractivity contribution in [2.75, 3.05) is 20.3 Å². The lowest BCUT2D eigenvalue weighted by atomic mass is 9.94. The monoisotopic (exact) mass is 944 g/mol. The lowest BCUT2D eigenvalue weighted by Crippen LogP contribution is -2.58. The third-order valence-electron chi connectivity index (χ3n) is 13.3. The number of imide groups is 1. The molecule has 2 fully saturated rings. The maximum absolute atomic E-state index is 15.2. The zero-order valence-electron chi connectivity index (χ0n) is 39.2. The first-order valence-electron chi connectivity index (χ1n) is 23.4. The van der Waals surface area contributed by atoms with E-state index in [2.05, 4.69) is 19.6 Å². The lowest BCUT2D eigenvalue weighted by molar-refractivity contribution is -0.216. The molecule has 354 valence electrons. The molecule has 2 aromatic heterocycles. The first kappa shape index (κ1) is 45.9. The largest absolute Gasteiger partial charge is 0.497 e. The van der Waals surface area contributed by atoms with E-state index in [4.69, 9.17) is 23.7 Å². The van der Waals surface area contributed by atoms with Crippen molar-refractivity contribution in [2.24, 2.45) is 0 Å². The van der Waals surface area contributed by atoms with Crippen molar-refractivity contribution in [3.8, 4) is 5.75 Å². The van der Waals surface area contributed by atoms with Crippen molar-refractivity contribution >= 4 is 58.9 Å². The molecule has 2 saturated heterocycles. The van der Waals surface area contributed by atoms with E-state index in [-0.39, 0.29) is 44.2 Å². The highest BCUT2D eigenvalue weighted by atomic mass is 28.3. The van der Waals surface area contributed by atoms with Crippen molar-refractivity contribution in [1.29, 1.82) is 0 Å². The van der Waals surface area contributed by atoms with Gasteiger partial charge in [0, 0.05) is 55.5 Å². The molecule has 3 aliphatic heterocycles. The fourth-order valence-corrected chi connectivity index (χ4v) is 10.5. The summed E-state index contributed by atoms with van der Waals surface area (Å²) in [6.45, 7) is 8.39. The summed E-state index contributed by atoms with van der Waals surface area (Å²) in [7, 11) is 0.263. The summed E-state index contributed by atoms with van der Waals surface area (Å²) < 4.78 is 34.6. The number of amides is 3. The third-order valence-corrected chi connectivity index (χ3v) is 15.0. The van der Waals surface area contributed by atoms with E-state index in [1.54, 1.807) is 18.2 Å². The van der Waals surface area contributed by atoms with E-state index in [0.29, 0.717) is 28.6 Å². The van der Waals surface area contributed by atoms with E-state index in [1.165, 1.54) is 4.90 Å². The van der Waals surface area contributed by atoms with E-state index >= 15 is 9.59 Å². The van der Waals surface area contributed by atoms with Crippen LogP contribution in [0.4, 0.5) is 4.79 Å². The minimum atomic E-state index is -1.35. The SMILES string of the molecule is COc1ccc(COC[C@H]2O[C@H](n3cc(C4=C(c5cn(COCC[Si](C)(C)C)c6ccccc56)C(=O)N(Cc5ccccc5)C4=O)c4ccccc43)[C@@H](O)[C@H]3[C@@H]2OC(=O)N3Cc2ccccc2)cc1. The van der Waals surface area contributed by atoms with Crippen LogP contribution in [0.15, 0.2) is 146 Å². The van der Waals surface area contributed by atoms with Gasteiger partial charge < -0.3 is 37.9 Å². The Bertz CT molecular complexity index is 3040. The van der Waals surface area contributed by atoms with Crippen LogP contribution in [0.25, 0.3) is 33.0 Å². The maximum Gasteiger partial charge on any atom is 0.410 e. The van der Waals surface area contributed by atoms with Gasteiger partial charge in [0.2, 0.25) is 0 Å². The summed E-state index contributed by atoms with van der Waals surface area (Å²) in [6, 6.07) is 42.2. The zero-order chi connectivity index (χ0) is 47.8. The Hall–Kier alpha value is -6.81. The van der Waals surface area contributed by atoms with E-state index in [0.717, 1.165) is 39.4 Å². The molecule has 14 heteroatoms. The van der Waals surface area contributed by atoms with Crippen LogP contribution in [-0.4, -0.2) is 94.7 Å². The molecule has 5 heterocycles. The van der Waals surface area contributed by atoms with Gasteiger partial charge in [0.25, 0.3) is 11.8 Å². The molecular weight excluding hydrogens is 889 g/mol. The number of rotatable bonds is 17. The quantitative estimate of drug-likeness (QED) is 0.0539. The number of hydrogen-bond acceptors (Lipinski definition) is 9. The van der Waals surface area contributed by atoms with Gasteiger partial charge in [-0.25, -0.2) is 4.79 Å². The number of hydrogen-bond donors (Lipinski definition) is 1. The van der Waals surface area contributed by atoms with Gasteiger partial charge in [-0.1, -0.05) is 129 Å². The van der Waals surface area contributed by atoms with Crippen LogP contribution < -0.4 is 4.74 Å². The average molecular weight is 945 g/mol. The van der Waals surface area contributed by atoms with Crippen molar-refractivity contribution in [3.05, 3.63) is 174 Å². The fourth-order valence-electron chi connectivity index (χ4n) is 9.76.